The first kappa shape index (κ1) is 24.4. The van der Waals surface area contributed by atoms with Gasteiger partial charge in [0.25, 0.3) is 5.91 Å². The molecule has 0 saturated carbocycles. The van der Waals surface area contributed by atoms with E-state index in [0.29, 0.717) is 36.0 Å². The number of carbonyl (C=O) groups excluding carboxylic acids is 1. The quantitative estimate of drug-likeness (QED) is 0.223. The van der Waals surface area contributed by atoms with Crippen LogP contribution in [0.4, 0.5) is 5.82 Å². The molecule has 0 aliphatic heterocycles. The zero-order valence-electron chi connectivity index (χ0n) is 20.7. The molecule has 2 aromatic heterocycles. The van der Waals surface area contributed by atoms with Gasteiger partial charge in [-0.15, -0.1) is 5.10 Å². The van der Waals surface area contributed by atoms with Crippen LogP contribution in [0.15, 0.2) is 70.4 Å². The Morgan fingerprint density at radius 2 is 1.95 bits per heavy atom. The monoisotopic (exact) mass is 512 g/mol. The number of hydrogen-bond donors (Lipinski definition) is 2. The van der Waals surface area contributed by atoms with Crippen molar-refractivity contribution in [3.63, 3.8) is 0 Å². The summed E-state index contributed by atoms with van der Waals surface area (Å²) in [5.74, 6) is 0.630. The Hall–Kier alpha value is -5.26. The van der Waals surface area contributed by atoms with Crippen molar-refractivity contribution < 1.29 is 18.9 Å². The minimum atomic E-state index is -0.564. The average molecular weight is 513 g/mol. The maximum absolute atomic E-state index is 12.8. The molecule has 5 rings (SSSR count). The summed E-state index contributed by atoms with van der Waals surface area (Å²) < 4.78 is 17.6. The molecule has 192 valence electrons. The van der Waals surface area contributed by atoms with Crippen molar-refractivity contribution in [2.75, 3.05) is 12.3 Å². The molecule has 0 bridgehead atoms. The van der Waals surface area contributed by atoms with Crippen LogP contribution in [0.2, 0.25) is 0 Å². The molecule has 38 heavy (non-hydrogen) atoms. The van der Waals surface area contributed by atoms with Crippen molar-refractivity contribution in [2.45, 2.75) is 20.5 Å². The normalized spacial score (nSPS) is 11.2. The van der Waals surface area contributed by atoms with E-state index >= 15 is 0 Å². The van der Waals surface area contributed by atoms with Crippen LogP contribution in [0.5, 0.6) is 11.5 Å². The molecule has 0 unspecified atom stereocenters. The fourth-order valence-electron chi connectivity index (χ4n) is 3.89. The number of anilines is 1. The van der Waals surface area contributed by atoms with Gasteiger partial charge in [0, 0.05) is 0 Å². The molecule has 0 aliphatic carbocycles. The minimum absolute atomic E-state index is 0.0290. The zero-order chi connectivity index (χ0) is 26.5. The minimum Gasteiger partial charge on any atom is -0.490 e. The van der Waals surface area contributed by atoms with Crippen molar-refractivity contribution in [3.8, 4) is 17.3 Å². The Bertz CT molecular complexity index is 1620. The van der Waals surface area contributed by atoms with Crippen LogP contribution in [0, 0.1) is 6.92 Å². The van der Waals surface area contributed by atoms with Gasteiger partial charge in [0.2, 0.25) is 11.6 Å². The number of carbonyl (C=O) groups is 1. The maximum atomic E-state index is 12.8. The summed E-state index contributed by atoms with van der Waals surface area (Å²) in [6.45, 7) is 4.36. The van der Waals surface area contributed by atoms with Crippen molar-refractivity contribution in [1.82, 2.24) is 30.7 Å². The SMILES string of the molecule is CCOc1cc(/C=N/NC(=O)c2c(C)nnn2-c2nonc2N)ccc1OCc1cccc2ccccc12. The highest BCUT2D eigenvalue weighted by atomic mass is 16.6. The van der Waals surface area contributed by atoms with Crippen LogP contribution in [0.1, 0.15) is 34.2 Å². The lowest BCUT2D eigenvalue weighted by molar-refractivity contribution is 0.0946. The van der Waals surface area contributed by atoms with E-state index in [0.717, 1.165) is 21.0 Å². The predicted octanol–water partition coefficient (Wildman–Crippen LogP) is 3.44. The van der Waals surface area contributed by atoms with Gasteiger partial charge < -0.3 is 15.2 Å². The lowest BCUT2D eigenvalue weighted by Crippen LogP contribution is -2.22. The van der Waals surface area contributed by atoms with Gasteiger partial charge in [-0.1, -0.05) is 47.7 Å². The highest BCUT2D eigenvalue weighted by molar-refractivity contribution is 5.95. The summed E-state index contributed by atoms with van der Waals surface area (Å²) in [4.78, 5) is 12.8. The first-order chi connectivity index (χ1) is 18.5. The van der Waals surface area contributed by atoms with Crippen LogP contribution in [-0.4, -0.2) is 44.0 Å². The van der Waals surface area contributed by atoms with Gasteiger partial charge in [0.1, 0.15) is 6.61 Å². The van der Waals surface area contributed by atoms with Crippen molar-refractivity contribution in [1.29, 1.82) is 0 Å². The molecule has 0 fully saturated rings. The van der Waals surface area contributed by atoms with E-state index in [2.05, 4.69) is 54.0 Å². The van der Waals surface area contributed by atoms with Crippen LogP contribution >= 0.6 is 0 Å². The van der Waals surface area contributed by atoms with Gasteiger partial charge >= 0.3 is 0 Å². The molecule has 0 radical (unpaired) electrons. The number of nitrogen functional groups attached to an aromatic ring is 1. The van der Waals surface area contributed by atoms with Crippen molar-refractivity contribution in [3.05, 3.63) is 83.2 Å². The maximum Gasteiger partial charge on any atom is 0.292 e. The lowest BCUT2D eigenvalue weighted by atomic mass is 10.1. The molecule has 12 nitrogen and oxygen atoms in total. The lowest BCUT2D eigenvalue weighted by Gasteiger charge is -2.13. The van der Waals surface area contributed by atoms with Crippen LogP contribution in [0.25, 0.3) is 16.6 Å². The standard InChI is InChI=1S/C26H24N8O4/c1-3-36-22-13-17(11-12-21(22)37-15-19-9-6-8-18-7-4-5-10-20(18)19)14-28-30-26(35)23-16(2)29-33-34(23)25-24(27)31-38-32-25/h4-14H,3,15H2,1-2H3,(H2,27,31)(H,30,35)/b28-14+. The summed E-state index contributed by atoms with van der Waals surface area (Å²) in [5.41, 5.74) is 10.4. The Kier molecular flexibility index (Phi) is 6.93. The topological polar surface area (TPSA) is 156 Å². The number of aromatic nitrogens is 5. The van der Waals surface area contributed by atoms with Crippen molar-refractivity contribution >= 4 is 28.7 Å². The molecular formula is C26H24N8O4. The third-order valence-corrected chi connectivity index (χ3v) is 5.66. The highest BCUT2D eigenvalue weighted by Crippen LogP contribution is 2.30. The third-order valence-electron chi connectivity index (χ3n) is 5.66. The van der Waals surface area contributed by atoms with E-state index in [4.69, 9.17) is 15.2 Å². The van der Waals surface area contributed by atoms with E-state index in [1.807, 2.05) is 43.3 Å². The van der Waals surface area contributed by atoms with Gasteiger partial charge in [-0.05, 0) is 64.3 Å². The number of benzene rings is 3. The third kappa shape index (κ3) is 5.00. The van der Waals surface area contributed by atoms with Crippen molar-refractivity contribution in [2.24, 2.45) is 5.10 Å². The smallest absolute Gasteiger partial charge is 0.292 e. The van der Waals surface area contributed by atoms with Crippen LogP contribution in [0.3, 0.4) is 0 Å². The molecule has 0 aliphatic rings. The zero-order valence-corrected chi connectivity index (χ0v) is 20.7. The van der Waals surface area contributed by atoms with Gasteiger partial charge in [0.05, 0.1) is 18.5 Å². The van der Waals surface area contributed by atoms with Gasteiger partial charge in [0.15, 0.2) is 17.2 Å². The van der Waals surface area contributed by atoms with E-state index < -0.39 is 5.91 Å². The summed E-state index contributed by atoms with van der Waals surface area (Å²) >= 11 is 0. The van der Waals surface area contributed by atoms with Gasteiger partial charge in [-0.3, -0.25) is 4.79 Å². The molecule has 1 amide bonds. The Balaban J connectivity index is 1.29. The number of hydrazone groups is 1. The number of nitrogens with one attached hydrogen (secondary N) is 1. The number of hydrogen-bond acceptors (Lipinski definition) is 10. The summed E-state index contributed by atoms with van der Waals surface area (Å²) in [6, 6.07) is 19.7. The summed E-state index contributed by atoms with van der Waals surface area (Å²) in [6.07, 6.45) is 1.49. The Morgan fingerprint density at radius 3 is 2.76 bits per heavy atom. The molecule has 5 aromatic rings. The summed E-state index contributed by atoms with van der Waals surface area (Å²) in [7, 11) is 0. The number of rotatable bonds is 9. The fraction of sp³-hybridized carbons (Fsp3) is 0.154. The second-order valence-electron chi connectivity index (χ2n) is 8.17. The molecule has 0 saturated heterocycles. The van der Waals surface area contributed by atoms with E-state index in [1.165, 1.54) is 6.21 Å². The van der Waals surface area contributed by atoms with E-state index in [1.54, 1.807) is 13.0 Å². The Labute approximate surface area is 217 Å². The number of nitrogens with two attached hydrogens (primary N) is 1. The second kappa shape index (κ2) is 10.8. The molecule has 3 aromatic carbocycles. The van der Waals surface area contributed by atoms with E-state index in [9.17, 15) is 4.79 Å². The van der Waals surface area contributed by atoms with Crippen LogP contribution < -0.4 is 20.6 Å². The average Bonchev–Trinajstić information content (AvgIpc) is 3.53. The Morgan fingerprint density at radius 1 is 1.11 bits per heavy atom. The number of nitrogens with zero attached hydrogens (tertiary/aromatic N) is 6. The summed E-state index contributed by atoms with van der Waals surface area (Å²) in [5, 5.41) is 21.3. The fourth-order valence-corrected chi connectivity index (χ4v) is 3.89. The highest BCUT2D eigenvalue weighted by Gasteiger charge is 2.22. The van der Waals surface area contributed by atoms with Crippen LogP contribution in [-0.2, 0) is 6.61 Å². The van der Waals surface area contributed by atoms with E-state index in [-0.39, 0.29) is 17.3 Å². The number of fused-ring (bicyclic) bond motifs is 1. The van der Waals surface area contributed by atoms with Gasteiger partial charge in [-0.2, -0.15) is 9.78 Å². The molecule has 2 heterocycles. The first-order valence-electron chi connectivity index (χ1n) is 11.8. The predicted molar refractivity (Wildman–Crippen MR) is 139 cm³/mol. The number of aryl methyl sites for hydroxylation is 1. The van der Waals surface area contributed by atoms with Gasteiger partial charge in [-0.25, -0.2) is 10.1 Å². The second-order valence-corrected chi connectivity index (χ2v) is 8.17. The number of ether oxygens (including phenoxy) is 2. The first-order valence-corrected chi connectivity index (χ1v) is 11.8. The molecule has 0 spiro atoms. The molecule has 0 atom stereocenters. The molecule has 12 heteroatoms. The largest absolute Gasteiger partial charge is 0.490 e. The molecular weight excluding hydrogens is 488 g/mol. The number of amides is 1. The molecule has 3 N–H and O–H groups in total.